The van der Waals surface area contributed by atoms with Crippen LogP contribution in [0.5, 0.6) is 0 Å². The minimum Gasteiger partial charge on any atom is -0.464 e. The van der Waals surface area contributed by atoms with Crippen molar-refractivity contribution >= 4 is 46.3 Å². The third kappa shape index (κ3) is 5.28. The fourth-order valence-corrected chi connectivity index (χ4v) is 2.61. The molecule has 0 bridgehead atoms. The molecule has 0 unspecified atom stereocenters. The summed E-state index contributed by atoms with van der Waals surface area (Å²) in [5, 5.41) is 8.25. The van der Waals surface area contributed by atoms with Crippen molar-refractivity contribution in [3.63, 3.8) is 0 Å². The van der Waals surface area contributed by atoms with Gasteiger partial charge in [0.1, 0.15) is 0 Å². The molecular weight excluding hydrogens is 398 g/mol. The number of hydrogen-bond acceptors (Lipinski definition) is 7. The van der Waals surface area contributed by atoms with Gasteiger partial charge < -0.3 is 15.0 Å². The highest BCUT2D eigenvalue weighted by Gasteiger charge is 2.41. The molecule has 0 fully saturated rings. The van der Waals surface area contributed by atoms with Crippen LogP contribution in [0.4, 0.5) is 17.1 Å². The van der Waals surface area contributed by atoms with Crippen LogP contribution in [0.15, 0.2) is 28.3 Å². The summed E-state index contributed by atoms with van der Waals surface area (Å²) in [5.74, 6) is -1.48. The van der Waals surface area contributed by atoms with E-state index in [0.717, 1.165) is 5.69 Å². The van der Waals surface area contributed by atoms with Crippen LogP contribution < -0.4 is 10.2 Å². The zero-order chi connectivity index (χ0) is 23.7. The topological polar surface area (TPSA) is 104 Å². The van der Waals surface area contributed by atoms with Crippen molar-refractivity contribution in [1.29, 1.82) is 0 Å². The standard InChI is InChI=1S/C22H31N5O4/c1-21(2,3)20(30)24-15-12-13(26(7)8)10-11-14(15)23-16-17(19(29)31-9)25-27(18(16)28)22(4,5)6/h10-12H,1-9H3,(H,24,30). The number of benzene rings is 1. The van der Waals surface area contributed by atoms with E-state index in [1.165, 1.54) is 12.1 Å². The Morgan fingerprint density at radius 2 is 1.74 bits per heavy atom. The number of nitrogens with one attached hydrogen (secondary N) is 1. The second-order valence-corrected chi connectivity index (χ2v) is 9.49. The number of nitrogens with zero attached hydrogens (tertiary/aromatic N) is 4. The van der Waals surface area contributed by atoms with E-state index in [-0.39, 0.29) is 17.3 Å². The molecule has 0 spiro atoms. The summed E-state index contributed by atoms with van der Waals surface area (Å²) in [7, 11) is 4.97. The Labute approximate surface area is 183 Å². The Balaban J connectivity index is 2.63. The summed E-state index contributed by atoms with van der Waals surface area (Å²) in [6.45, 7) is 10.8. The van der Waals surface area contributed by atoms with Crippen LogP contribution in [-0.2, 0) is 19.1 Å². The minimum absolute atomic E-state index is 0.134. The Morgan fingerprint density at radius 1 is 1.13 bits per heavy atom. The van der Waals surface area contributed by atoms with E-state index in [4.69, 9.17) is 4.74 Å². The van der Waals surface area contributed by atoms with Gasteiger partial charge in [0.05, 0.1) is 24.0 Å². The van der Waals surface area contributed by atoms with E-state index in [1.54, 1.807) is 53.7 Å². The second-order valence-electron chi connectivity index (χ2n) is 9.49. The average Bonchev–Trinajstić information content (AvgIpc) is 2.98. The first-order valence-corrected chi connectivity index (χ1v) is 9.90. The van der Waals surface area contributed by atoms with Gasteiger partial charge in [-0.15, -0.1) is 0 Å². The fourth-order valence-electron chi connectivity index (χ4n) is 2.61. The van der Waals surface area contributed by atoms with E-state index < -0.39 is 22.8 Å². The second kappa shape index (κ2) is 8.49. The first kappa shape index (κ1) is 24.0. The van der Waals surface area contributed by atoms with E-state index in [2.05, 4.69) is 15.4 Å². The molecule has 1 N–H and O–H groups in total. The van der Waals surface area contributed by atoms with Gasteiger partial charge in [0.15, 0.2) is 11.4 Å². The highest BCUT2D eigenvalue weighted by atomic mass is 16.5. The molecular formula is C22H31N5O4. The van der Waals surface area contributed by atoms with E-state index in [9.17, 15) is 14.4 Å². The van der Waals surface area contributed by atoms with E-state index in [1.807, 2.05) is 25.1 Å². The lowest BCUT2D eigenvalue weighted by Crippen LogP contribution is -2.41. The Bertz CT molecular complexity index is 965. The van der Waals surface area contributed by atoms with Gasteiger partial charge in [-0.25, -0.2) is 14.8 Å². The van der Waals surface area contributed by atoms with Gasteiger partial charge >= 0.3 is 5.97 Å². The van der Waals surface area contributed by atoms with Crippen LogP contribution in [0.1, 0.15) is 41.5 Å². The number of ether oxygens (including phenoxy) is 1. The molecule has 31 heavy (non-hydrogen) atoms. The summed E-state index contributed by atoms with van der Waals surface area (Å²) in [4.78, 5) is 44.3. The van der Waals surface area contributed by atoms with Crippen LogP contribution in [0.25, 0.3) is 0 Å². The maximum absolute atomic E-state index is 13.0. The summed E-state index contributed by atoms with van der Waals surface area (Å²) in [5.41, 5.74) is -0.0135. The monoisotopic (exact) mass is 429 g/mol. The molecule has 2 amide bonds. The average molecular weight is 430 g/mol. The van der Waals surface area contributed by atoms with Gasteiger partial charge in [0.2, 0.25) is 5.91 Å². The van der Waals surface area contributed by atoms with Crippen LogP contribution in [0.3, 0.4) is 0 Å². The van der Waals surface area contributed by atoms with Gasteiger partial charge in [-0.2, -0.15) is 5.10 Å². The van der Waals surface area contributed by atoms with Gasteiger partial charge in [-0.3, -0.25) is 9.59 Å². The lowest BCUT2D eigenvalue weighted by molar-refractivity contribution is -0.132. The summed E-state index contributed by atoms with van der Waals surface area (Å²) < 4.78 is 4.80. The molecule has 1 aliphatic heterocycles. The summed E-state index contributed by atoms with van der Waals surface area (Å²) in [6, 6.07) is 5.25. The van der Waals surface area contributed by atoms with Gasteiger partial charge in [-0.1, -0.05) is 20.8 Å². The van der Waals surface area contributed by atoms with Crippen LogP contribution >= 0.6 is 0 Å². The predicted octanol–water partition coefficient (Wildman–Crippen LogP) is 2.98. The minimum atomic E-state index is -0.760. The molecule has 0 saturated carbocycles. The maximum Gasteiger partial charge on any atom is 0.361 e. The predicted molar refractivity (Wildman–Crippen MR) is 122 cm³/mol. The molecule has 0 radical (unpaired) electrons. The lowest BCUT2D eigenvalue weighted by Gasteiger charge is -2.27. The third-order valence-electron chi connectivity index (χ3n) is 4.49. The number of aliphatic imine (C=N–C) groups is 1. The van der Waals surface area contributed by atoms with Crippen LogP contribution in [0, 0.1) is 5.41 Å². The first-order valence-electron chi connectivity index (χ1n) is 9.90. The van der Waals surface area contributed by atoms with Crippen molar-refractivity contribution < 1.29 is 19.1 Å². The van der Waals surface area contributed by atoms with Crippen molar-refractivity contribution in [3.05, 3.63) is 18.2 Å². The smallest absolute Gasteiger partial charge is 0.361 e. The first-order chi connectivity index (χ1) is 14.2. The number of amides is 2. The van der Waals surface area contributed by atoms with Crippen LogP contribution in [-0.4, -0.2) is 61.0 Å². The van der Waals surface area contributed by atoms with Gasteiger partial charge in [0, 0.05) is 25.2 Å². The fraction of sp³-hybridized carbons (Fsp3) is 0.500. The molecule has 1 aromatic rings. The zero-order valence-electron chi connectivity index (χ0n) is 19.7. The summed E-state index contributed by atoms with van der Waals surface area (Å²) in [6.07, 6.45) is 0. The summed E-state index contributed by atoms with van der Waals surface area (Å²) >= 11 is 0. The molecule has 0 aliphatic carbocycles. The molecule has 0 atom stereocenters. The number of methoxy groups -OCH3 is 1. The molecule has 0 aromatic heterocycles. The number of anilines is 2. The van der Waals surface area contributed by atoms with E-state index in [0.29, 0.717) is 11.4 Å². The quantitative estimate of drug-likeness (QED) is 0.741. The molecule has 9 nitrogen and oxygen atoms in total. The number of rotatable bonds is 4. The molecule has 0 saturated heterocycles. The molecule has 1 aromatic carbocycles. The number of hydrazone groups is 1. The normalized spacial score (nSPS) is 15.8. The van der Waals surface area contributed by atoms with Crippen molar-refractivity contribution in [2.75, 3.05) is 31.4 Å². The molecule has 1 heterocycles. The number of carbonyl (C=O) groups is 3. The van der Waals surface area contributed by atoms with Gasteiger partial charge in [-0.05, 0) is 39.0 Å². The van der Waals surface area contributed by atoms with E-state index >= 15 is 0 Å². The molecule has 1 aliphatic rings. The Morgan fingerprint density at radius 3 is 2.23 bits per heavy atom. The van der Waals surface area contributed by atoms with Crippen molar-refractivity contribution in [2.24, 2.45) is 15.5 Å². The number of hydrogen-bond donors (Lipinski definition) is 1. The maximum atomic E-state index is 13.0. The highest BCUT2D eigenvalue weighted by molar-refractivity contribution is 6.81. The number of carbonyl (C=O) groups excluding carboxylic acids is 3. The zero-order valence-corrected chi connectivity index (χ0v) is 19.7. The van der Waals surface area contributed by atoms with Gasteiger partial charge in [0.25, 0.3) is 5.91 Å². The lowest BCUT2D eigenvalue weighted by atomic mass is 9.95. The molecule has 168 valence electrons. The van der Waals surface area contributed by atoms with Crippen LogP contribution in [0.2, 0.25) is 0 Å². The SMILES string of the molecule is COC(=O)C1=NN(C(C)(C)C)C(=O)C1=Nc1ccc(N(C)C)cc1NC(=O)C(C)(C)C. The Kier molecular flexibility index (Phi) is 6.58. The molecule has 2 rings (SSSR count). The largest absolute Gasteiger partial charge is 0.464 e. The van der Waals surface area contributed by atoms with Crippen molar-refractivity contribution in [3.8, 4) is 0 Å². The number of esters is 1. The third-order valence-corrected chi connectivity index (χ3v) is 4.49. The van der Waals surface area contributed by atoms with Crippen molar-refractivity contribution in [2.45, 2.75) is 47.1 Å². The molecule has 9 heteroatoms. The highest BCUT2D eigenvalue weighted by Crippen LogP contribution is 2.32. The van der Waals surface area contributed by atoms with Crippen molar-refractivity contribution in [1.82, 2.24) is 5.01 Å². The Hall–Kier alpha value is -3.23.